The van der Waals surface area contributed by atoms with Crippen LogP contribution in [0.5, 0.6) is 0 Å². The van der Waals surface area contributed by atoms with Gasteiger partial charge in [-0.1, -0.05) is 60.6 Å². The number of hydrogen-bond acceptors (Lipinski definition) is 3. The van der Waals surface area contributed by atoms with Gasteiger partial charge in [0.15, 0.2) is 11.6 Å². The summed E-state index contributed by atoms with van der Waals surface area (Å²) in [6.45, 7) is 0. The molecule has 0 bridgehead atoms. The van der Waals surface area contributed by atoms with Crippen LogP contribution in [0.3, 0.4) is 0 Å². The van der Waals surface area contributed by atoms with E-state index < -0.39 is 0 Å². The molecule has 4 nitrogen and oxygen atoms in total. The Morgan fingerprint density at radius 3 is 2.38 bits per heavy atom. The van der Waals surface area contributed by atoms with Crippen molar-refractivity contribution in [3.05, 3.63) is 77.9 Å². The van der Waals surface area contributed by atoms with Gasteiger partial charge in [-0.05, 0) is 23.7 Å². The summed E-state index contributed by atoms with van der Waals surface area (Å²) in [5.74, 6) is 0.245. The molecule has 0 aliphatic heterocycles. The number of aromatic amines is 1. The maximum atomic E-state index is 8.74. The van der Waals surface area contributed by atoms with Crippen molar-refractivity contribution in [2.75, 3.05) is 0 Å². The first-order valence-corrected chi connectivity index (χ1v) is 8.15. The van der Waals surface area contributed by atoms with Gasteiger partial charge >= 0.3 is 0 Å². The molecule has 5 aromatic rings. The van der Waals surface area contributed by atoms with Gasteiger partial charge < -0.3 is 4.98 Å². The van der Waals surface area contributed by atoms with E-state index in [4.69, 9.17) is 19.8 Å². The second kappa shape index (κ2) is 5.93. The molecule has 5 rings (SSSR count). The van der Waals surface area contributed by atoms with Crippen molar-refractivity contribution < 1.29 is 8.22 Å². The topological polar surface area (TPSA) is 54.5 Å². The van der Waals surface area contributed by atoms with Crippen LogP contribution >= 0.6 is 11.6 Å². The maximum absolute atomic E-state index is 8.74. The van der Waals surface area contributed by atoms with Crippen molar-refractivity contribution in [1.82, 2.24) is 19.9 Å². The summed E-state index contributed by atoms with van der Waals surface area (Å²) in [6, 6.07) is 9.19. The normalized spacial score (nSPS) is 14.5. The summed E-state index contributed by atoms with van der Waals surface area (Å²) in [4.78, 5) is 15.6. The Morgan fingerprint density at radius 2 is 1.54 bits per heavy atom. The van der Waals surface area contributed by atoms with E-state index in [1.807, 2.05) is 18.2 Å². The van der Waals surface area contributed by atoms with E-state index in [0.29, 0.717) is 5.56 Å². The van der Waals surface area contributed by atoms with Gasteiger partial charge in [-0.25, -0.2) is 4.98 Å². The standard InChI is InChI=1S/C21H13ClN4/c22-21-25-19(13-6-2-1-3-7-13)24-20(26-21)14-10-11-16-15-8-4-5-9-17(15)23-18(16)12-14/h1-12,23H/i4D,8D,9D,10D,11D,12D. The van der Waals surface area contributed by atoms with Gasteiger partial charge in [-0.2, -0.15) is 9.97 Å². The van der Waals surface area contributed by atoms with Crippen molar-refractivity contribution in [3.8, 4) is 22.8 Å². The van der Waals surface area contributed by atoms with Crippen LogP contribution in [0.1, 0.15) is 8.22 Å². The van der Waals surface area contributed by atoms with E-state index in [1.165, 1.54) is 6.07 Å². The van der Waals surface area contributed by atoms with Gasteiger partial charge in [-0.3, -0.25) is 0 Å². The number of halogens is 1. The lowest BCUT2D eigenvalue weighted by atomic mass is 10.1. The SMILES string of the molecule is [2H]c1cc([2H])c2[nH]c3c([2H])c(-c4nc(Cl)nc(-c5ccccc5)n4)c([2H])c([2H])c3c2c1[2H]. The summed E-state index contributed by atoms with van der Waals surface area (Å²) in [5.41, 5.74) is 1.06. The number of aromatic nitrogens is 4. The van der Waals surface area contributed by atoms with Crippen molar-refractivity contribution in [2.24, 2.45) is 0 Å². The van der Waals surface area contributed by atoms with E-state index in [0.717, 1.165) is 0 Å². The van der Waals surface area contributed by atoms with Crippen LogP contribution in [0.25, 0.3) is 44.6 Å². The number of nitrogens with zero attached hydrogens (tertiary/aromatic N) is 3. The first kappa shape index (κ1) is 10.0. The zero-order valence-corrected chi connectivity index (χ0v) is 13.9. The van der Waals surface area contributed by atoms with E-state index >= 15 is 0 Å². The monoisotopic (exact) mass is 362 g/mol. The molecule has 0 unspecified atom stereocenters. The fraction of sp³-hybridized carbons (Fsp3) is 0. The molecule has 5 heteroatoms. The zero-order chi connectivity index (χ0) is 22.7. The number of rotatable bonds is 2. The van der Waals surface area contributed by atoms with Crippen molar-refractivity contribution in [1.29, 1.82) is 0 Å². The molecule has 0 fully saturated rings. The average molecular weight is 363 g/mol. The fourth-order valence-corrected chi connectivity index (χ4v) is 2.90. The quantitative estimate of drug-likeness (QED) is 0.451. The van der Waals surface area contributed by atoms with Crippen LogP contribution in [0.4, 0.5) is 0 Å². The van der Waals surface area contributed by atoms with E-state index in [1.54, 1.807) is 12.1 Å². The highest BCUT2D eigenvalue weighted by Crippen LogP contribution is 2.29. The molecule has 0 aliphatic rings. The molecule has 0 radical (unpaired) electrons. The Hall–Kier alpha value is -3.24. The zero-order valence-electron chi connectivity index (χ0n) is 19.2. The highest BCUT2D eigenvalue weighted by atomic mass is 35.5. The summed E-state index contributed by atoms with van der Waals surface area (Å²) in [5, 5.41) is 0.209. The molecular weight excluding hydrogens is 344 g/mol. The first-order valence-electron chi connectivity index (χ1n) is 10.8. The molecule has 0 amide bonds. The van der Waals surface area contributed by atoms with Gasteiger partial charge in [-0.15, -0.1) is 0 Å². The largest absolute Gasteiger partial charge is 0.354 e. The number of para-hydroxylation sites is 1. The van der Waals surface area contributed by atoms with Crippen LogP contribution < -0.4 is 0 Å². The number of nitrogens with one attached hydrogen (secondary N) is 1. The Morgan fingerprint density at radius 1 is 0.769 bits per heavy atom. The summed E-state index contributed by atoms with van der Waals surface area (Å²) >= 11 is 6.13. The van der Waals surface area contributed by atoms with E-state index in [-0.39, 0.29) is 80.6 Å². The highest BCUT2D eigenvalue weighted by molar-refractivity contribution is 6.28. The smallest absolute Gasteiger partial charge is 0.226 e. The molecule has 0 aliphatic carbocycles. The van der Waals surface area contributed by atoms with Gasteiger partial charge in [0.2, 0.25) is 5.28 Å². The lowest BCUT2D eigenvalue weighted by Gasteiger charge is -2.05. The minimum Gasteiger partial charge on any atom is -0.354 e. The molecule has 3 aromatic carbocycles. The number of H-pyrrole nitrogens is 1. The van der Waals surface area contributed by atoms with Crippen LogP contribution in [0, 0.1) is 0 Å². The minimum atomic E-state index is -0.314. The van der Waals surface area contributed by atoms with E-state index in [9.17, 15) is 0 Å². The third-order valence-corrected chi connectivity index (χ3v) is 4.08. The Kier molecular flexibility index (Phi) is 2.29. The predicted octanol–water partition coefficient (Wildman–Crippen LogP) is 5.49. The van der Waals surface area contributed by atoms with E-state index in [2.05, 4.69) is 19.9 Å². The minimum absolute atomic E-state index is 0.0142. The lowest BCUT2D eigenvalue weighted by Crippen LogP contribution is -1.97. The van der Waals surface area contributed by atoms with Crippen LogP contribution in [0.2, 0.25) is 5.28 Å². The maximum Gasteiger partial charge on any atom is 0.226 e. The molecule has 0 saturated carbocycles. The van der Waals surface area contributed by atoms with Crippen LogP contribution in [0.15, 0.2) is 72.7 Å². The van der Waals surface area contributed by atoms with Gasteiger partial charge in [0, 0.05) is 32.9 Å². The van der Waals surface area contributed by atoms with Gasteiger partial charge in [0.25, 0.3) is 0 Å². The van der Waals surface area contributed by atoms with Gasteiger partial charge in [0.05, 0.1) is 8.22 Å². The number of hydrogen-bond donors (Lipinski definition) is 1. The predicted molar refractivity (Wildman–Crippen MR) is 105 cm³/mol. The third kappa shape index (κ3) is 2.52. The molecule has 26 heavy (non-hydrogen) atoms. The molecule has 2 heterocycles. The second-order valence-electron chi connectivity index (χ2n) is 5.55. The molecule has 0 atom stereocenters. The molecule has 1 N–H and O–H groups in total. The Bertz CT molecular complexity index is 1550. The second-order valence-corrected chi connectivity index (χ2v) is 5.89. The summed E-state index contributed by atoms with van der Waals surface area (Å²) in [6.07, 6.45) is 0. The average Bonchev–Trinajstić information content (AvgIpc) is 3.18. The summed E-state index contributed by atoms with van der Waals surface area (Å²) in [7, 11) is 0. The molecule has 124 valence electrons. The first-order chi connectivity index (χ1) is 15.3. The number of benzene rings is 3. The Labute approximate surface area is 163 Å². The van der Waals surface area contributed by atoms with Crippen LogP contribution in [-0.2, 0) is 0 Å². The fourth-order valence-electron chi connectivity index (χ4n) is 2.74. The Balaban J connectivity index is 1.86. The van der Waals surface area contributed by atoms with Crippen molar-refractivity contribution >= 4 is 33.4 Å². The van der Waals surface area contributed by atoms with Crippen molar-refractivity contribution in [2.45, 2.75) is 0 Å². The molecule has 2 aromatic heterocycles. The number of fused-ring (bicyclic) bond motifs is 3. The summed E-state index contributed by atoms with van der Waals surface area (Å²) < 4.78 is 50.2. The van der Waals surface area contributed by atoms with Gasteiger partial charge in [0.1, 0.15) is 0 Å². The van der Waals surface area contributed by atoms with Crippen LogP contribution in [-0.4, -0.2) is 19.9 Å². The molecule has 0 saturated heterocycles. The lowest BCUT2D eigenvalue weighted by molar-refractivity contribution is 1.07. The molecule has 0 spiro atoms. The highest BCUT2D eigenvalue weighted by Gasteiger charge is 2.11. The third-order valence-electron chi connectivity index (χ3n) is 3.91. The molecular formula is C21H13ClN4. The van der Waals surface area contributed by atoms with Crippen molar-refractivity contribution in [3.63, 3.8) is 0 Å².